The van der Waals surface area contributed by atoms with E-state index in [0.717, 1.165) is 6.42 Å². The monoisotopic (exact) mass is 238 g/mol. The highest BCUT2D eigenvalue weighted by atomic mass is 15.0. The zero-order valence-electron chi connectivity index (χ0n) is 10.6. The highest BCUT2D eigenvalue weighted by molar-refractivity contribution is 5.58. The molecule has 2 nitrogen and oxygen atoms in total. The Kier molecular flexibility index (Phi) is 2.93. The van der Waals surface area contributed by atoms with Crippen LogP contribution in [0.2, 0.25) is 0 Å². The number of nitrogens with one attached hydrogen (secondary N) is 2. The molecule has 2 heteroatoms. The van der Waals surface area contributed by atoms with Crippen molar-refractivity contribution in [1.82, 2.24) is 0 Å². The molecule has 92 valence electrons. The van der Waals surface area contributed by atoms with Crippen molar-refractivity contribution in [3.05, 3.63) is 60.2 Å². The molecule has 0 fully saturated rings. The fourth-order valence-electron chi connectivity index (χ4n) is 2.61. The number of hydrogen-bond donors (Lipinski definition) is 2. The summed E-state index contributed by atoms with van der Waals surface area (Å²) >= 11 is 0. The average molecular weight is 238 g/mol. The van der Waals surface area contributed by atoms with Gasteiger partial charge < -0.3 is 10.6 Å². The lowest BCUT2D eigenvalue weighted by atomic mass is 9.93. The third-order valence-electron chi connectivity index (χ3n) is 3.44. The van der Waals surface area contributed by atoms with Crippen LogP contribution in [0.4, 0.5) is 11.4 Å². The first kappa shape index (κ1) is 11.1. The molecule has 0 aromatic heterocycles. The summed E-state index contributed by atoms with van der Waals surface area (Å²) in [4.78, 5) is 0. The number of benzene rings is 2. The Hall–Kier alpha value is -1.96. The summed E-state index contributed by atoms with van der Waals surface area (Å²) in [5.41, 5.74) is 3.80. The molecule has 1 aliphatic rings. The highest BCUT2D eigenvalue weighted by Gasteiger charge is 2.23. The van der Waals surface area contributed by atoms with Crippen LogP contribution in [0.5, 0.6) is 0 Å². The predicted octanol–water partition coefficient (Wildman–Crippen LogP) is 4.04. The van der Waals surface area contributed by atoms with Crippen LogP contribution in [0.25, 0.3) is 0 Å². The van der Waals surface area contributed by atoms with Gasteiger partial charge in [-0.1, -0.05) is 36.4 Å². The van der Waals surface area contributed by atoms with Crippen LogP contribution >= 0.6 is 0 Å². The first-order chi connectivity index (χ1) is 8.83. The van der Waals surface area contributed by atoms with Crippen molar-refractivity contribution in [1.29, 1.82) is 0 Å². The molecule has 3 rings (SSSR count). The van der Waals surface area contributed by atoms with E-state index in [2.05, 4.69) is 66.1 Å². The molecule has 2 unspecified atom stereocenters. The van der Waals surface area contributed by atoms with Crippen molar-refractivity contribution in [2.45, 2.75) is 25.4 Å². The zero-order valence-corrected chi connectivity index (χ0v) is 10.6. The average Bonchev–Trinajstić information content (AvgIpc) is 2.40. The summed E-state index contributed by atoms with van der Waals surface area (Å²) in [5, 5.41) is 7.16. The Morgan fingerprint density at radius 1 is 1.00 bits per heavy atom. The first-order valence-electron chi connectivity index (χ1n) is 6.50. The molecular formula is C16H18N2. The lowest BCUT2D eigenvalue weighted by Crippen LogP contribution is -2.28. The van der Waals surface area contributed by atoms with Crippen molar-refractivity contribution in [2.75, 3.05) is 10.6 Å². The van der Waals surface area contributed by atoms with Gasteiger partial charge in [-0.05, 0) is 37.1 Å². The molecule has 0 aliphatic carbocycles. The number of rotatable bonds is 2. The maximum absolute atomic E-state index is 3.63. The molecule has 0 radical (unpaired) electrons. The van der Waals surface area contributed by atoms with Gasteiger partial charge >= 0.3 is 0 Å². The van der Waals surface area contributed by atoms with Gasteiger partial charge in [-0.2, -0.15) is 0 Å². The third-order valence-corrected chi connectivity index (χ3v) is 3.44. The van der Waals surface area contributed by atoms with Gasteiger partial charge in [0, 0.05) is 17.4 Å². The summed E-state index contributed by atoms with van der Waals surface area (Å²) in [5.74, 6) is 0. The van der Waals surface area contributed by atoms with Crippen LogP contribution < -0.4 is 10.6 Å². The largest absolute Gasteiger partial charge is 0.382 e. The molecular weight excluding hydrogens is 220 g/mol. The predicted molar refractivity (Wildman–Crippen MR) is 76.9 cm³/mol. The Balaban J connectivity index is 1.89. The van der Waals surface area contributed by atoms with E-state index in [1.807, 2.05) is 6.07 Å². The van der Waals surface area contributed by atoms with E-state index in [4.69, 9.17) is 0 Å². The van der Waals surface area contributed by atoms with Crippen molar-refractivity contribution < 1.29 is 0 Å². The van der Waals surface area contributed by atoms with Crippen LogP contribution in [-0.2, 0) is 0 Å². The molecule has 0 saturated heterocycles. The van der Waals surface area contributed by atoms with Crippen molar-refractivity contribution >= 4 is 11.4 Å². The SMILES string of the molecule is CC1CC(Nc2ccccc2)c2ccccc2N1. The Labute approximate surface area is 108 Å². The molecule has 1 heterocycles. The van der Waals surface area contributed by atoms with Crippen LogP contribution in [-0.4, -0.2) is 6.04 Å². The molecule has 2 atom stereocenters. The van der Waals surface area contributed by atoms with Crippen LogP contribution in [0.3, 0.4) is 0 Å². The van der Waals surface area contributed by atoms with Gasteiger partial charge in [0.25, 0.3) is 0 Å². The Morgan fingerprint density at radius 3 is 2.56 bits per heavy atom. The second kappa shape index (κ2) is 4.73. The van der Waals surface area contributed by atoms with E-state index in [1.54, 1.807) is 0 Å². The first-order valence-corrected chi connectivity index (χ1v) is 6.50. The third kappa shape index (κ3) is 2.19. The summed E-state index contributed by atoms with van der Waals surface area (Å²) < 4.78 is 0. The van der Waals surface area contributed by atoms with Gasteiger partial charge in [-0.15, -0.1) is 0 Å². The zero-order chi connectivity index (χ0) is 12.4. The highest BCUT2D eigenvalue weighted by Crippen LogP contribution is 2.34. The van der Waals surface area contributed by atoms with Crippen LogP contribution in [0.15, 0.2) is 54.6 Å². The Bertz CT molecular complexity index is 522. The molecule has 2 aromatic rings. The summed E-state index contributed by atoms with van der Waals surface area (Å²) in [6.45, 7) is 2.23. The van der Waals surface area contributed by atoms with Crippen molar-refractivity contribution in [3.63, 3.8) is 0 Å². The Morgan fingerprint density at radius 2 is 1.72 bits per heavy atom. The minimum Gasteiger partial charge on any atom is -0.382 e. The van der Waals surface area contributed by atoms with Gasteiger partial charge in [0.1, 0.15) is 0 Å². The van der Waals surface area contributed by atoms with Gasteiger partial charge in [0.2, 0.25) is 0 Å². The summed E-state index contributed by atoms with van der Waals surface area (Å²) in [6.07, 6.45) is 1.10. The second-order valence-corrected chi connectivity index (χ2v) is 4.93. The maximum Gasteiger partial charge on any atom is 0.0553 e. The molecule has 1 aliphatic heterocycles. The topological polar surface area (TPSA) is 24.1 Å². The smallest absolute Gasteiger partial charge is 0.0553 e. The quantitative estimate of drug-likeness (QED) is 0.825. The van der Waals surface area contributed by atoms with Gasteiger partial charge in [-0.25, -0.2) is 0 Å². The van der Waals surface area contributed by atoms with E-state index in [1.165, 1.54) is 16.9 Å². The fraction of sp³-hybridized carbons (Fsp3) is 0.250. The summed E-state index contributed by atoms with van der Waals surface area (Å²) in [6, 6.07) is 19.9. The lowest BCUT2D eigenvalue weighted by molar-refractivity contribution is 0.600. The molecule has 0 bridgehead atoms. The van der Waals surface area contributed by atoms with Gasteiger partial charge in [0.05, 0.1) is 6.04 Å². The van der Waals surface area contributed by atoms with E-state index < -0.39 is 0 Å². The molecule has 18 heavy (non-hydrogen) atoms. The van der Waals surface area contributed by atoms with Crippen LogP contribution in [0, 0.1) is 0 Å². The van der Waals surface area contributed by atoms with E-state index in [0.29, 0.717) is 12.1 Å². The molecule has 0 spiro atoms. The molecule has 0 saturated carbocycles. The molecule has 2 aromatic carbocycles. The molecule has 0 amide bonds. The van der Waals surface area contributed by atoms with E-state index in [-0.39, 0.29) is 0 Å². The normalized spacial score (nSPS) is 21.8. The van der Waals surface area contributed by atoms with Crippen LogP contribution in [0.1, 0.15) is 24.9 Å². The number of para-hydroxylation sites is 2. The number of hydrogen-bond acceptors (Lipinski definition) is 2. The number of fused-ring (bicyclic) bond motifs is 1. The van der Waals surface area contributed by atoms with E-state index in [9.17, 15) is 0 Å². The van der Waals surface area contributed by atoms with Crippen molar-refractivity contribution in [3.8, 4) is 0 Å². The lowest BCUT2D eigenvalue weighted by Gasteiger charge is -2.32. The standard InChI is InChI=1S/C16H18N2/c1-12-11-16(18-13-7-3-2-4-8-13)14-9-5-6-10-15(14)17-12/h2-10,12,16-18H,11H2,1H3. The van der Waals surface area contributed by atoms with Crippen molar-refractivity contribution in [2.24, 2.45) is 0 Å². The summed E-state index contributed by atoms with van der Waals surface area (Å²) in [7, 11) is 0. The second-order valence-electron chi connectivity index (χ2n) is 4.93. The van der Waals surface area contributed by atoms with Gasteiger partial charge in [-0.3, -0.25) is 0 Å². The number of anilines is 2. The fourth-order valence-corrected chi connectivity index (χ4v) is 2.61. The minimum absolute atomic E-state index is 0.389. The maximum atomic E-state index is 3.63. The van der Waals surface area contributed by atoms with Gasteiger partial charge in [0.15, 0.2) is 0 Å². The minimum atomic E-state index is 0.389. The molecule has 2 N–H and O–H groups in total. The van der Waals surface area contributed by atoms with E-state index >= 15 is 0 Å².